The molecule has 2 N–H and O–H groups in total. The Morgan fingerprint density at radius 2 is 1.81 bits per heavy atom. The van der Waals surface area contributed by atoms with Crippen molar-refractivity contribution in [2.75, 3.05) is 0 Å². The van der Waals surface area contributed by atoms with E-state index in [-0.39, 0.29) is 5.75 Å². The van der Waals surface area contributed by atoms with E-state index >= 15 is 0 Å². The Bertz CT molecular complexity index is 748. The first kappa shape index (κ1) is 13.9. The van der Waals surface area contributed by atoms with Gasteiger partial charge in [-0.3, -0.25) is 4.98 Å². The SMILES string of the molecule is Oc1cccc(Cl)c1CNCc1cccc2cccnc12. The van der Waals surface area contributed by atoms with Crippen LogP contribution in [0, 0.1) is 0 Å². The number of aromatic nitrogens is 1. The van der Waals surface area contributed by atoms with E-state index in [1.54, 1.807) is 24.4 Å². The molecule has 0 aliphatic rings. The van der Waals surface area contributed by atoms with Gasteiger partial charge < -0.3 is 10.4 Å². The van der Waals surface area contributed by atoms with Gasteiger partial charge in [0, 0.05) is 35.3 Å². The average molecular weight is 299 g/mol. The van der Waals surface area contributed by atoms with Crippen molar-refractivity contribution in [3.8, 4) is 5.75 Å². The number of phenolic OH excluding ortho intramolecular Hbond substituents is 1. The maximum Gasteiger partial charge on any atom is 0.121 e. The summed E-state index contributed by atoms with van der Waals surface area (Å²) in [6.45, 7) is 1.17. The maximum atomic E-state index is 9.82. The third-order valence-corrected chi connectivity index (χ3v) is 3.78. The molecule has 21 heavy (non-hydrogen) atoms. The van der Waals surface area contributed by atoms with E-state index in [4.69, 9.17) is 11.6 Å². The second kappa shape index (κ2) is 6.12. The molecule has 0 unspecified atom stereocenters. The minimum absolute atomic E-state index is 0.214. The summed E-state index contributed by atoms with van der Waals surface area (Å²) in [7, 11) is 0. The van der Waals surface area contributed by atoms with E-state index in [2.05, 4.69) is 16.4 Å². The largest absolute Gasteiger partial charge is 0.508 e. The summed E-state index contributed by atoms with van der Waals surface area (Å²) in [5, 5.41) is 14.8. The number of benzene rings is 2. The van der Waals surface area contributed by atoms with E-state index < -0.39 is 0 Å². The van der Waals surface area contributed by atoms with Crippen LogP contribution in [0.2, 0.25) is 5.02 Å². The van der Waals surface area contributed by atoms with E-state index in [0.717, 1.165) is 16.5 Å². The monoisotopic (exact) mass is 298 g/mol. The lowest BCUT2D eigenvalue weighted by Crippen LogP contribution is -2.13. The summed E-state index contributed by atoms with van der Waals surface area (Å²) < 4.78 is 0. The van der Waals surface area contributed by atoms with Crippen molar-refractivity contribution in [3.05, 3.63) is 70.9 Å². The van der Waals surface area contributed by atoms with Crippen LogP contribution in [0.5, 0.6) is 5.75 Å². The second-order valence-electron chi connectivity index (χ2n) is 4.83. The van der Waals surface area contributed by atoms with Crippen molar-refractivity contribution in [1.29, 1.82) is 0 Å². The fourth-order valence-corrected chi connectivity index (χ4v) is 2.59. The van der Waals surface area contributed by atoms with Gasteiger partial charge in [-0.25, -0.2) is 0 Å². The maximum absolute atomic E-state index is 9.82. The van der Waals surface area contributed by atoms with Crippen LogP contribution in [0.1, 0.15) is 11.1 Å². The van der Waals surface area contributed by atoms with Gasteiger partial charge in [-0.15, -0.1) is 0 Å². The quantitative estimate of drug-likeness (QED) is 0.768. The first-order valence-corrected chi connectivity index (χ1v) is 7.13. The van der Waals surface area contributed by atoms with Gasteiger partial charge in [-0.1, -0.05) is 41.9 Å². The molecular formula is C17H15ClN2O. The zero-order valence-corrected chi connectivity index (χ0v) is 12.1. The number of nitrogens with zero attached hydrogens (tertiary/aromatic N) is 1. The van der Waals surface area contributed by atoms with Gasteiger partial charge >= 0.3 is 0 Å². The molecule has 0 fully saturated rings. The molecule has 106 valence electrons. The van der Waals surface area contributed by atoms with Gasteiger partial charge in [0.25, 0.3) is 0 Å². The summed E-state index contributed by atoms with van der Waals surface area (Å²) in [6.07, 6.45) is 1.80. The molecule has 4 heteroatoms. The van der Waals surface area contributed by atoms with Gasteiger partial charge in [0.1, 0.15) is 5.75 Å². The zero-order valence-electron chi connectivity index (χ0n) is 11.4. The number of hydrogen-bond acceptors (Lipinski definition) is 3. The summed E-state index contributed by atoms with van der Waals surface area (Å²) in [5.74, 6) is 0.214. The zero-order chi connectivity index (χ0) is 14.7. The molecule has 0 saturated carbocycles. The first-order chi connectivity index (χ1) is 10.3. The van der Waals surface area contributed by atoms with Crippen LogP contribution in [0.4, 0.5) is 0 Å². The molecule has 3 nitrogen and oxygen atoms in total. The highest BCUT2D eigenvalue weighted by Crippen LogP contribution is 2.25. The van der Waals surface area contributed by atoms with Crippen molar-refractivity contribution >= 4 is 22.5 Å². The third-order valence-electron chi connectivity index (χ3n) is 3.43. The Balaban J connectivity index is 1.76. The van der Waals surface area contributed by atoms with Crippen LogP contribution in [-0.2, 0) is 13.1 Å². The lowest BCUT2D eigenvalue weighted by molar-refractivity contribution is 0.464. The number of halogens is 1. The molecule has 0 radical (unpaired) electrons. The number of phenols is 1. The van der Waals surface area contributed by atoms with Crippen molar-refractivity contribution < 1.29 is 5.11 Å². The molecule has 0 aliphatic heterocycles. The fourth-order valence-electron chi connectivity index (χ4n) is 2.35. The number of para-hydroxylation sites is 1. The summed E-state index contributed by atoms with van der Waals surface area (Å²) in [6, 6.07) is 15.2. The van der Waals surface area contributed by atoms with Crippen LogP contribution in [-0.4, -0.2) is 10.1 Å². The summed E-state index contributed by atoms with van der Waals surface area (Å²) >= 11 is 6.09. The Morgan fingerprint density at radius 3 is 2.67 bits per heavy atom. The number of pyridine rings is 1. The van der Waals surface area contributed by atoms with Gasteiger partial charge in [0.15, 0.2) is 0 Å². The van der Waals surface area contributed by atoms with Crippen molar-refractivity contribution in [1.82, 2.24) is 10.3 Å². The predicted octanol–water partition coefficient (Wildman–Crippen LogP) is 3.88. The third kappa shape index (κ3) is 2.99. The molecule has 0 spiro atoms. The van der Waals surface area contributed by atoms with Crippen molar-refractivity contribution in [2.24, 2.45) is 0 Å². The van der Waals surface area contributed by atoms with Crippen LogP contribution in [0.3, 0.4) is 0 Å². The van der Waals surface area contributed by atoms with E-state index in [1.807, 2.05) is 24.3 Å². The Labute approximate surface area is 128 Å². The van der Waals surface area contributed by atoms with E-state index in [0.29, 0.717) is 23.7 Å². The molecule has 3 aromatic rings. The molecule has 1 heterocycles. The molecule has 2 aromatic carbocycles. The average Bonchev–Trinajstić information content (AvgIpc) is 2.50. The predicted molar refractivity (Wildman–Crippen MR) is 85.4 cm³/mol. The first-order valence-electron chi connectivity index (χ1n) is 6.75. The van der Waals surface area contributed by atoms with Crippen LogP contribution in [0.25, 0.3) is 10.9 Å². The second-order valence-corrected chi connectivity index (χ2v) is 5.24. The normalized spacial score (nSPS) is 10.9. The Kier molecular flexibility index (Phi) is 4.04. The van der Waals surface area contributed by atoms with Gasteiger partial charge in [-0.05, 0) is 23.8 Å². The van der Waals surface area contributed by atoms with Gasteiger partial charge in [0.05, 0.1) is 5.52 Å². The molecule has 0 saturated heterocycles. The standard InChI is InChI=1S/C17H15ClN2O/c18-15-7-2-8-16(21)14(15)11-19-10-13-5-1-4-12-6-3-9-20-17(12)13/h1-9,19,21H,10-11H2. The minimum Gasteiger partial charge on any atom is -0.508 e. The molecule has 3 rings (SSSR count). The van der Waals surface area contributed by atoms with Gasteiger partial charge in [-0.2, -0.15) is 0 Å². The van der Waals surface area contributed by atoms with Crippen molar-refractivity contribution in [3.63, 3.8) is 0 Å². The number of rotatable bonds is 4. The number of nitrogens with one attached hydrogen (secondary N) is 1. The van der Waals surface area contributed by atoms with Crippen LogP contribution in [0.15, 0.2) is 54.7 Å². The molecule has 1 aromatic heterocycles. The number of fused-ring (bicyclic) bond motifs is 1. The van der Waals surface area contributed by atoms with Crippen molar-refractivity contribution in [2.45, 2.75) is 13.1 Å². The van der Waals surface area contributed by atoms with Gasteiger partial charge in [0.2, 0.25) is 0 Å². The highest BCUT2D eigenvalue weighted by Gasteiger charge is 2.06. The Morgan fingerprint density at radius 1 is 1.00 bits per heavy atom. The topological polar surface area (TPSA) is 45.1 Å². The van der Waals surface area contributed by atoms with Crippen LogP contribution < -0.4 is 5.32 Å². The molecule has 0 aliphatic carbocycles. The van der Waals surface area contributed by atoms with E-state index in [1.165, 1.54) is 0 Å². The highest BCUT2D eigenvalue weighted by atomic mass is 35.5. The minimum atomic E-state index is 0.214. The fraction of sp³-hybridized carbons (Fsp3) is 0.118. The lowest BCUT2D eigenvalue weighted by Gasteiger charge is -2.10. The lowest BCUT2D eigenvalue weighted by atomic mass is 10.1. The number of hydrogen-bond donors (Lipinski definition) is 2. The van der Waals surface area contributed by atoms with E-state index in [9.17, 15) is 5.11 Å². The molecular weight excluding hydrogens is 284 g/mol. The van der Waals surface area contributed by atoms with Crippen LogP contribution >= 0.6 is 11.6 Å². The highest BCUT2D eigenvalue weighted by molar-refractivity contribution is 6.31. The Hall–Kier alpha value is -2.10. The molecule has 0 amide bonds. The summed E-state index contributed by atoms with van der Waals surface area (Å²) in [4.78, 5) is 4.43. The summed E-state index contributed by atoms with van der Waals surface area (Å²) in [5.41, 5.74) is 2.84. The smallest absolute Gasteiger partial charge is 0.121 e. The molecule has 0 atom stereocenters. The molecule has 0 bridgehead atoms. The number of aromatic hydroxyl groups is 1.